The molecule has 1 fully saturated rings. The Kier molecular flexibility index (Phi) is 8.63. The minimum atomic E-state index is -4.47. The van der Waals surface area contributed by atoms with Gasteiger partial charge in [0.15, 0.2) is 5.16 Å². The summed E-state index contributed by atoms with van der Waals surface area (Å²) >= 11 is 2.68. The lowest BCUT2D eigenvalue weighted by Gasteiger charge is -2.14. The zero-order valence-electron chi connectivity index (χ0n) is 21.0. The molecule has 5 rings (SSSR count). The van der Waals surface area contributed by atoms with E-state index in [1.54, 1.807) is 16.0 Å². The van der Waals surface area contributed by atoms with Crippen LogP contribution in [0.25, 0.3) is 5.69 Å². The molecule has 3 heterocycles. The first kappa shape index (κ1) is 27.4. The summed E-state index contributed by atoms with van der Waals surface area (Å²) < 4.78 is 42.0. The monoisotopic (exact) mass is 572 g/mol. The molecule has 0 spiro atoms. The molecule has 0 aliphatic carbocycles. The molecule has 12 heteroatoms. The van der Waals surface area contributed by atoms with Crippen molar-refractivity contribution in [3.8, 4) is 5.69 Å². The van der Waals surface area contributed by atoms with Crippen LogP contribution in [0.5, 0.6) is 0 Å². The molecule has 1 aliphatic heterocycles. The molecule has 0 atom stereocenters. The van der Waals surface area contributed by atoms with Gasteiger partial charge in [0.1, 0.15) is 16.5 Å². The summed E-state index contributed by atoms with van der Waals surface area (Å²) in [5, 5.41) is 14.4. The van der Waals surface area contributed by atoms with Crippen molar-refractivity contribution in [1.82, 2.24) is 30.0 Å². The molecule has 4 aromatic rings. The third-order valence-corrected chi connectivity index (χ3v) is 8.33. The fourth-order valence-electron chi connectivity index (χ4n) is 4.40. The minimum Gasteiger partial charge on any atom is -0.349 e. The van der Waals surface area contributed by atoms with Crippen LogP contribution in [0.2, 0.25) is 0 Å². The van der Waals surface area contributed by atoms with Crippen molar-refractivity contribution in [1.29, 1.82) is 0 Å². The highest BCUT2D eigenvalue weighted by Gasteiger charge is 2.31. The average Bonchev–Trinajstić information content (AvgIpc) is 3.69. The Hall–Kier alpha value is -3.22. The maximum absolute atomic E-state index is 13.5. The molecule has 0 unspecified atom stereocenters. The van der Waals surface area contributed by atoms with Crippen LogP contribution in [-0.4, -0.2) is 56.7 Å². The van der Waals surface area contributed by atoms with Crippen molar-refractivity contribution in [3.63, 3.8) is 0 Å². The average molecular weight is 573 g/mol. The molecule has 1 saturated heterocycles. The lowest BCUT2D eigenvalue weighted by molar-refractivity contribution is -0.137. The van der Waals surface area contributed by atoms with Crippen LogP contribution in [0.3, 0.4) is 0 Å². The van der Waals surface area contributed by atoms with E-state index in [2.05, 4.69) is 25.4 Å². The predicted octanol–water partition coefficient (Wildman–Crippen LogP) is 5.45. The van der Waals surface area contributed by atoms with E-state index in [-0.39, 0.29) is 5.91 Å². The number of hydrogen-bond acceptors (Lipinski definition) is 7. The fourth-order valence-corrected chi connectivity index (χ4v) is 6.16. The number of alkyl halides is 3. The van der Waals surface area contributed by atoms with Crippen molar-refractivity contribution < 1.29 is 18.0 Å². The Balaban J connectivity index is 1.31. The second kappa shape index (κ2) is 12.3. The first-order valence-corrected chi connectivity index (χ1v) is 14.5. The van der Waals surface area contributed by atoms with Gasteiger partial charge in [-0.2, -0.15) is 13.2 Å². The summed E-state index contributed by atoms with van der Waals surface area (Å²) in [4.78, 5) is 19.3. The van der Waals surface area contributed by atoms with E-state index in [1.165, 1.54) is 42.0 Å². The number of thioether (sulfide) groups is 1. The smallest absolute Gasteiger partial charge is 0.349 e. The Bertz CT molecular complexity index is 1400. The number of hydrogen-bond donors (Lipinski definition) is 1. The van der Waals surface area contributed by atoms with E-state index in [0.717, 1.165) is 37.3 Å². The highest BCUT2D eigenvalue weighted by molar-refractivity contribution is 7.98. The molecule has 204 valence electrons. The minimum absolute atomic E-state index is 0.209. The number of thiazole rings is 1. The number of nitrogens with zero attached hydrogens (tertiary/aromatic N) is 5. The largest absolute Gasteiger partial charge is 0.416 e. The maximum Gasteiger partial charge on any atom is 0.416 e. The zero-order chi connectivity index (χ0) is 27.2. The van der Waals surface area contributed by atoms with Crippen molar-refractivity contribution in [2.75, 3.05) is 26.2 Å². The summed E-state index contributed by atoms with van der Waals surface area (Å²) in [5.74, 6) is 0.716. The number of halogens is 3. The maximum atomic E-state index is 13.5. The molecule has 2 aromatic heterocycles. The standard InChI is InChI=1S/C27H27F3N6OS2/c28-27(29,30)20-9-6-10-21(16-20)36-23(15-19-7-2-1-3-8-19)33-34-26(36)39-18-24-32-22(17-38-24)25(37)31-11-14-35-12-4-5-13-35/h1-3,6-10,16-17H,4-5,11-15,18H2,(H,31,37). The van der Waals surface area contributed by atoms with Crippen LogP contribution in [0.15, 0.2) is 65.1 Å². The molecular weight excluding hydrogens is 545 g/mol. The van der Waals surface area contributed by atoms with Gasteiger partial charge in [0.05, 0.1) is 17.0 Å². The van der Waals surface area contributed by atoms with Crippen LogP contribution in [0.1, 0.15) is 45.3 Å². The van der Waals surface area contributed by atoms with E-state index in [4.69, 9.17) is 0 Å². The molecule has 0 radical (unpaired) electrons. The molecule has 1 amide bonds. The molecular formula is C27H27F3N6OS2. The second-order valence-electron chi connectivity index (χ2n) is 9.16. The van der Waals surface area contributed by atoms with Crippen molar-refractivity contribution in [3.05, 3.63) is 87.6 Å². The normalized spacial score (nSPS) is 14.1. The predicted molar refractivity (Wildman–Crippen MR) is 145 cm³/mol. The molecule has 39 heavy (non-hydrogen) atoms. The molecule has 1 N–H and O–H groups in total. The summed E-state index contributed by atoms with van der Waals surface area (Å²) in [6.07, 6.45) is -1.65. The number of carbonyl (C=O) groups is 1. The van der Waals surface area contributed by atoms with Crippen LogP contribution >= 0.6 is 23.1 Å². The van der Waals surface area contributed by atoms with Crippen LogP contribution in [0, 0.1) is 0 Å². The summed E-state index contributed by atoms with van der Waals surface area (Å²) in [7, 11) is 0. The fraction of sp³-hybridized carbons (Fsp3) is 0.333. The summed E-state index contributed by atoms with van der Waals surface area (Å²) in [6, 6.07) is 14.7. The van der Waals surface area contributed by atoms with Gasteiger partial charge < -0.3 is 10.2 Å². The third-order valence-electron chi connectivity index (χ3n) is 6.36. The molecule has 0 bridgehead atoms. The second-order valence-corrected chi connectivity index (χ2v) is 11.0. The Morgan fingerprint density at radius 3 is 2.62 bits per heavy atom. The first-order chi connectivity index (χ1) is 18.9. The number of likely N-dealkylation sites (tertiary alicyclic amines) is 1. The third kappa shape index (κ3) is 7.06. The van der Waals surface area contributed by atoms with Gasteiger partial charge >= 0.3 is 6.18 Å². The quantitative estimate of drug-likeness (QED) is 0.255. The van der Waals surface area contributed by atoms with Gasteiger partial charge in [0.2, 0.25) is 0 Å². The lowest BCUT2D eigenvalue weighted by atomic mass is 10.1. The number of rotatable bonds is 10. The summed E-state index contributed by atoms with van der Waals surface area (Å²) in [6.45, 7) is 3.55. The SMILES string of the molecule is O=C(NCCN1CCCC1)c1csc(CSc2nnc(Cc3ccccc3)n2-c2cccc(C(F)(F)F)c2)n1. The van der Waals surface area contributed by atoms with Crippen LogP contribution in [0.4, 0.5) is 13.2 Å². The Morgan fingerprint density at radius 1 is 1.05 bits per heavy atom. The first-order valence-electron chi connectivity index (χ1n) is 12.6. The number of carbonyl (C=O) groups excluding carboxylic acids is 1. The van der Waals surface area contributed by atoms with E-state index in [9.17, 15) is 18.0 Å². The Labute approximate surface area is 232 Å². The van der Waals surface area contributed by atoms with Gasteiger partial charge in [0.25, 0.3) is 5.91 Å². The zero-order valence-corrected chi connectivity index (χ0v) is 22.7. The molecule has 0 saturated carbocycles. The van der Waals surface area contributed by atoms with Crippen LogP contribution < -0.4 is 5.32 Å². The van der Waals surface area contributed by atoms with Gasteiger partial charge in [-0.05, 0) is 49.7 Å². The lowest BCUT2D eigenvalue weighted by Crippen LogP contribution is -2.33. The summed E-state index contributed by atoms with van der Waals surface area (Å²) in [5.41, 5.74) is 0.923. The highest BCUT2D eigenvalue weighted by atomic mass is 32.2. The van der Waals surface area contributed by atoms with E-state index >= 15 is 0 Å². The number of benzene rings is 2. The number of aromatic nitrogens is 4. The molecule has 1 aliphatic rings. The van der Waals surface area contributed by atoms with Crippen molar-refractivity contribution in [2.45, 2.75) is 36.3 Å². The van der Waals surface area contributed by atoms with E-state index in [1.807, 2.05) is 30.3 Å². The van der Waals surface area contributed by atoms with Crippen molar-refractivity contribution >= 4 is 29.0 Å². The van der Waals surface area contributed by atoms with Gasteiger partial charge in [-0.15, -0.1) is 21.5 Å². The van der Waals surface area contributed by atoms with Gasteiger partial charge in [-0.3, -0.25) is 9.36 Å². The van der Waals surface area contributed by atoms with Crippen molar-refractivity contribution in [2.24, 2.45) is 0 Å². The molecule has 7 nitrogen and oxygen atoms in total. The molecule has 2 aromatic carbocycles. The van der Waals surface area contributed by atoms with E-state index in [0.29, 0.717) is 46.1 Å². The van der Waals surface area contributed by atoms with E-state index < -0.39 is 11.7 Å². The van der Waals surface area contributed by atoms with Gasteiger partial charge in [0, 0.05) is 24.9 Å². The Morgan fingerprint density at radius 2 is 1.85 bits per heavy atom. The highest BCUT2D eigenvalue weighted by Crippen LogP contribution is 2.33. The topological polar surface area (TPSA) is 75.9 Å². The van der Waals surface area contributed by atoms with Gasteiger partial charge in [-0.1, -0.05) is 48.2 Å². The van der Waals surface area contributed by atoms with Crippen LogP contribution in [-0.2, 0) is 18.3 Å². The number of amides is 1. The van der Waals surface area contributed by atoms with Gasteiger partial charge in [-0.25, -0.2) is 4.98 Å². The number of nitrogens with one attached hydrogen (secondary N) is 1.